The molecule has 0 saturated carbocycles. The van der Waals surface area contributed by atoms with Crippen LogP contribution in [0.25, 0.3) is 0 Å². The highest BCUT2D eigenvalue weighted by Gasteiger charge is 2.17. The summed E-state index contributed by atoms with van der Waals surface area (Å²) in [6.45, 7) is 12.7. The molecular formula is C17H28N2. The average molecular weight is 260 g/mol. The van der Waals surface area contributed by atoms with Crippen LogP contribution in [0.15, 0.2) is 18.2 Å². The van der Waals surface area contributed by atoms with Gasteiger partial charge in [0, 0.05) is 6.54 Å². The van der Waals surface area contributed by atoms with E-state index >= 15 is 0 Å². The van der Waals surface area contributed by atoms with Crippen LogP contribution in [0.3, 0.4) is 0 Å². The number of likely N-dealkylation sites (tertiary alicyclic amines) is 1. The molecule has 1 saturated heterocycles. The van der Waals surface area contributed by atoms with Crippen molar-refractivity contribution < 1.29 is 0 Å². The predicted octanol–water partition coefficient (Wildman–Crippen LogP) is 3.12. The highest BCUT2D eigenvalue weighted by molar-refractivity contribution is 5.33. The Bertz CT molecular complexity index is 372. The maximum absolute atomic E-state index is 3.67. The summed E-state index contributed by atoms with van der Waals surface area (Å²) in [7, 11) is 0. The van der Waals surface area contributed by atoms with Gasteiger partial charge in [0.1, 0.15) is 0 Å². The summed E-state index contributed by atoms with van der Waals surface area (Å²) < 4.78 is 0. The first-order valence-corrected chi connectivity index (χ1v) is 7.69. The second kappa shape index (κ2) is 7.06. The number of hydrogen-bond donors (Lipinski definition) is 1. The van der Waals surface area contributed by atoms with Gasteiger partial charge in [-0.05, 0) is 75.5 Å². The maximum atomic E-state index is 3.67. The molecule has 2 rings (SSSR count). The lowest BCUT2D eigenvalue weighted by atomic mass is 9.96. The third-order valence-corrected chi connectivity index (χ3v) is 4.53. The Morgan fingerprint density at radius 1 is 1.16 bits per heavy atom. The number of nitrogens with one attached hydrogen (secondary N) is 1. The molecule has 2 nitrogen and oxygen atoms in total. The first-order valence-electron chi connectivity index (χ1n) is 7.69. The predicted molar refractivity (Wildman–Crippen MR) is 82.5 cm³/mol. The number of piperidine rings is 1. The molecule has 0 radical (unpaired) electrons. The van der Waals surface area contributed by atoms with Gasteiger partial charge in [0.05, 0.1) is 0 Å². The normalized spacial score (nSPS) is 17.8. The van der Waals surface area contributed by atoms with E-state index in [4.69, 9.17) is 0 Å². The van der Waals surface area contributed by atoms with E-state index in [0.29, 0.717) is 0 Å². The summed E-state index contributed by atoms with van der Waals surface area (Å²) in [4.78, 5) is 2.56. The summed E-state index contributed by atoms with van der Waals surface area (Å²) in [5.74, 6) is 0.868. The van der Waals surface area contributed by atoms with Crippen LogP contribution in [-0.2, 0) is 6.54 Å². The minimum atomic E-state index is 0.868. The van der Waals surface area contributed by atoms with Crippen LogP contribution in [0.5, 0.6) is 0 Å². The fourth-order valence-corrected chi connectivity index (χ4v) is 3.04. The van der Waals surface area contributed by atoms with Gasteiger partial charge >= 0.3 is 0 Å². The summed E-state index contributed by atoms with van der Waals surface area (Å²) >= 11 is 0. The zero-order chi connectivity index (χ0) is 13.7. The zero-order valence-electron chi connectivity index (χ0n) is 12.7. The molecule has 1 fully saturated rings. The highest BCUT2D eigenvalue weighted by Crippen LogP contribution is 2.17. The van der Waals surface area contributed by atoms with Crippen LogP contribution in [0, 0.1) is 19.8 Å². The quantitative estimate of drug-likeness (QED) is 0.875. The lowest BCUT2D eigenvalue weighted by Gasteiger charge is -2.31. The third-order valence-electron chi connectivity index (χ3n) is 4.53. The van der Waals surface area contributed by atoms with Gasteiger partial charge in [0.25, 0.3) is 0 Å². The zero-order valence-corrected chi connectivity index (χ0v) is 12.7. The van der Waals surface area contributed by atoms with Gasteiger partial charge in [-0.25, -0.2) is 0 Å². The molecule has 0 unspecified atom stereocenters. The van der Waals surface area contributed by atoms with E-state index in [9.17, 15) is 0 Å². The van der Waals surface area contributed by atoms with Crippen molar-refractivity contribution in [3.8, 4) is 0 Å². The Morgan fingerprint density at radius 3 is 2.37 bits per heavy atom. The molecule has 0 amide bonds. The Balaban J connectivity index is 1.75. The number of rotatable bonds is 5. The number of nitrogens with zero attached hydrogens (tertiary/aromatic N) is 1. The Morgan fingerprint density at radius 2 is 1.79 bits per heavy atom. The van der Waals surface area contributed by atoms with Gasteiger partial charge < -0.3 is 10.2 Å². The Hall–Kier alpha value is -0.860. The molecule has 1 aliphatic rings. The SMILES string of the molecule is CCN1CCC(CNCc2c(C)cccc2C)CC1. The van der Waals surface area contributed by atoms with Crippen molar-refractivity contribution in [3.63, 3.8) is 0 Å². The third kappa shape index (κ3) is 4.05. The first-order chi connectivity index (χ1) is 9.20. The fraction of sp³-hybridized carbons (Fsp3) is 0.647. The molecule has 0 aliphatic carbocycles. The van der Waals surface area contributed by atoms with Gasteiger partial charge in [-0.3, -0.25) is 0 Å². The van der Waals surface area contributed by atoms with E-state index in [1.807, 2.05) is 0 Å². The molecule has 1 aromatic rings. The van der Waals surface area contributed by atoms with Crippen LogP contribution in [0.4, 0.5) is 0 Å². The number of aryl methyl sites for hydroxylation is 2. The van der Waals surface area contributed by atoms with Crippen LogP contribution >= 0.6 is 0 Å². The van der Waals surface area contributed by atoms with E-state index in [0.717, 1.165) is 12.5 Å². The molecule has 1 aliphatic heterocycles. The molecule has 0 spiro atoms. The van der Waals surface area contributed by atoms with Crippen molar-refractivity contribution in [3.05, 3.63) is 34.9 Å². The number of benzene rings is 1. The lowest BCUT2D eigenvalue weighted by molar-refractivity contribution is 0.190. The topological polar surface area (TPSA) is 15.3 Å². The maximum Gasteiger partial charge on any atom is 0.0210 e. The molecule has 1 heterocycles. The van der Waals surface area contributed by atoms with E-state index in [2.05, 4.69) is 49.2 Å². The molecule has 0 atom stereocenters. The summed E-state index contributed by atoms with van der Waals surface area (Å²) in [6.07, 6.45) is 2.71. The van der Waals surface area contributed by atoms with E-state index in [1.165, 1.54) is 55.7 Å². The monoisotopic (exact) mass is 260 g/mol. The van der Waals surface area contributed by atoms with Gasteiger partial charge in [-0.1, -0.05) is 25.1 Å². The van der Waals surface area contributed by atoms with Crippen molar-refractivity contribution in [2.24, 2.45) is 5.92 Å². The van der Waals surface area contributed by atoms with Crippen molar-refractivity contribution in [2.75, 3.05) is 26.2 Å². The lowest BCUT2D eigenvalue weighted by Crippen LogP contribution is -2.37. The van der Waals surface area contributed by atoms with E-state index < -0.39 is 0 Å². The second-order valence-corrected chi connectivity index (χ2v) is 5.88. The van der Waals surface area contributed by atoms with Crippen LogP contribution in [0.2, 0.25) is 0 Å². The second-order valence-electron chi connectivity index (χ2n) is 5.88. The molecule has 19 heavy (non-hydrogen) atoms. The van der Waals surface area contributed by atoms with Gasteiger partial charge in [-0.15, -0.1) is 0 Å². The minimum absolute atomic E-state index is 0.868. The van der Waals surface area contributed by atoms with Crippen molar-refractivity contribution in [1.29, 1.82) is 0 Å². The first kappa shape index (κ1) is 14.5. The van der Waals surface area contributed by atoms with Crippen LogP contribution < -0.4 is 5.32 Å². The van der Waals surface area contributed by atoms with E-state index in [-0.39, 0.29) is 0 Å². The smallest absolute Gasteiger partial charge is 0.0210 e. The molecule has 0 aromatic heterocycles. The van der Waals surface area contributed by atoms with Crippen molar-refractivity contribution in [1.82, 2.24) is 10.2 Å². The summed E-state index contributed by atoms with van der Waals surface area (Å²) in [5, 5.41) is 3.67. The van der Waals surface area contributed by atoms with Crippen molar-refractivity contribution >= 4 is 0 Å². The molecular weight excluding hydrogens is 232 g/mol. The van der Waals surface area contributed by atoms with Crippen molar-refractivity contribution in [2.45, 2.75) is 40.2 Å². The molecule has 1 aromatic carbocycles. The summed E-state index contributed by atoms with van der Waals surface area (Å²) in [6, 6.07) is 6.57. The number of hydrogen-bond acceptors (Lipinski definition) is 2. The highest BCUT2D eigenvalue weighted by atomic mass is 15.1. The van der Waals surface area contributed by atoms with Crippen LogP contribution in [0.1, 0.15) is 36.5 Å². The standard InChI is InChI=1S/C17H28N2/c1-4-19-10-8-16(9-11-19)12-18-13-17-14(2)6-5-7-15(17)3/h5-7,16,18H,4,8-13H2,1-3H3. The molecule has 2 heteroatoms. The van der Waals surface area contributed by atoms with E-state index in [1.54, 1.807) is 0 Å². The van der Waals surface area contributed by atoms with Gasteiger partial charge in [0.2, 0.25) is 0 Å². The van der Waals surface area contributed by atoms with Crippen LogP contribution in [-0.4, -0.2) is 31.1 Å². The Labute approximate surface area is 118 Å². The molecule has 1 N–H and O–H groups in total. The molecule has 0 bridgehead atoms. The van der Waals surface area contributed by atoms with Gasteiger partial charge in [-0.2, -0.15) is 0 Å². The molecule has 106 valence electrons. The average Bonchev–Trinajstić information content (AvgIpc) is 2.43. The minimum Gasteiger partial charge on any atom is -0.312 e. The fourth-order valence-electron chi connectivity index (χ4n) is 3.04. The largest absolute Gasteiger partial charge is 0.312 e. The Kier molecular flexibility index (Phi) is 5.41. The van der Waals surface area contributed by atoms with Gasteiger partial charge in [0.15, 0.2) is 0 Å². The summed E-state index contributed by atoms with van der Waals surface area (Å²) in [5.41, 5.74) is 4.30.